The molecule has 0 saturated heterocycles. The molecule has 0 aliphatic carbocycles. The number of carbonyl (C=O) groups is 2. The summed E-state index contributed by atoms with van der Waals surface area (Å²) < 4.78 is 0. The molecule has 0 atom stereocenters. The Balaban J connectivity index is 1.59. The van der Waals surface area contributed by atoms with Crippen LogP contribution in [0.4, 0.5) is 10.8 Å². The van der Waals surface area contributed by atoms with E-state index in [1.807, 2.05) is 48.5 Å². The van der Waals surface area contributed by atoms with Crippen LogP contribution in [0.5, 0.6) is 0 Å². The van der Waals surface area contributed by atoms with Crippen molar-refractivity contribution in [1.82, 2.24) is 4.98 Å². The summed E-state index contributed by atoms with van der Waals surface area (Å²) >= 11 is 1.22. The fraction of sp³-hybridized carbons (Fsp3) is 0.0556. The summed E-state index contributed by atoms with van der Waals surface area (Å²) in [7, 11) is 0. The van der Waals surface area contributed by atoms with Gasteiger partial charge in [0, 0.05) is 11.1 Å². The van der Waals surface area contributed by atoms with Gasteiger partial charge in [-0.1, -0.05) is 48.5 Å². The molecular formula is C18H15N3O2S. The van der Waals surface area contributed by atoms with E-state index in [-0.39, 0.29) is 23.9 Å². The number of carbonyl (C=O) groups excluding carboxylic acids is 2. The first-order valence-corrected chi connectivity index (χ1v) is 8.24. The molecule has 0 spiro atoms. The number of nitrogens with one attached hydrogen (secondary N) is 2. The highest BCUT2D eigenvalue weighted by atomic mass is 32.1. The van der Waals surface area contributed by atoms with Gasteiger partial charge < -0.3 is 10.6 Å². The minimum absolute atomic E-state index is 0.162. The predicted octanol–water partition coefficient (Wildman–Crippen LogP) is 3.58. The fourth-order valence-electron chi connectivity index (χ4n) is 2.10. The Kier molecular flexibility index (Phi) is 4.98. The van der Waals surface area contributed by atoms with E-state index in [4.69, 9.17) is 0 Å². The van der Waals surface area contributed by atoms with Crippen LogP contribution in [0.1, 0.15) is 16.1 Å². The molecule has 120 valence electrons. The van der Waals surface area contributed by atoms with E-state index < -0.39 is 0 Å². The van der Waals surface area contributed by atoms with Gasteiger partial charge in [-0.15, -0.1) is 11.3 Å². The standard InChI is InChI=1S/C18H15N3O2S/c22-16(11-13-7-3-1-4-8-13)21-18-20-15(12-24-18)17(23)19-14-9-5-2-6-10-14/h1-10,12H,11H2,(H,19,23)(H,20,21,22). The lowest BCUT2D eigenvalue weighted by atomic mass is 10.1. The second-order valence-electron chi connectivity index (χ2n) is 5.07. The minimum Gasteiger partial charge on any atom is -0.321 e. The number of rotatable bonds is 5. The molecule has 0 radical (unpaired) electrons. The number of anilines is 2. The van der Waals surface area contributed by atoms with Crippen molar-refractivity contribution in [2.24, 2.45) is 0 Å². The van der Waals surface area contributed by atoms with Crippen molar-refractivity contribution in [2.75, 3.05) is 10.6 Å². The Bertz CT molecular complexity index is 832. The normalized spacial score (nSPS) is 10.2. The van der Waals surface area contributed by atoms with E-state index in [1.165, 1.54) is 11.3 Å². The highest BCUT2D eigenvalue weighted by Crippen LogP contribution is 2.17. The van der Waals surface area contributed by atoms with Crippen molar-refractivity contribution in [1.29, 1.82) is 0 Å². The summed E-state index contributed by atoms with van der Waals surface area (Å²) in [6.45, 7) is 0. The number of aromatic nitrogens is 1. The molecule has 3 aromatic rings. The van der Waals surface area contributed by atoms with E-state index in [0.717, 1.165) is 5.56 Å². The van der Waals surface area contributed by atoms with Crippen molar-refractivity contribution in [3.05, 3.63) is 77.3 Å². The van der Waals surface area contributed by atoms with Crippen LogP contribution in [0.2, 0.25) is 0 Å². The van der Waals surface area contributed by atoms with E-state index in [9.17, 15) is 9.59 Å². The molecule has 1 aromatic heterocycles. The summed E-state index contributed by atoms with van der Waals surface area (Å²) in [6, 6.07) is 18.6. The smallest absolute Gasteiger partial charge is 0.275 e. The van der Waals surface area contributed by atoms with E-state index >= 15 is 0 Å². The zero-order valence-electron chi connectivity index (χ0n) is 12.7. The van der Waals surface area contributed by atoms with Crippen LogP contribution in [0, 0.1) is 0 Å². The van der Waals surface area contributed by atoms with Gasteiger partial charge >= 0.3 is 0 Å². The van der Waals surface area contributed by atoms with Crippen LogP contribution >= 0.6 is 11.3 Å². The first kappa shape index (κ1) is 15.9. The fourth-order valence-corrected chi connectivity index (χ4v) is 2.80. The summed E-state index contributed by atoms with van der Waals surface area (Å²) in [5, 5.41) is 7.51. The SMILES string of the molecule is O=C(Cc1ccccc1)Nc1nc(C(=O)Nc2ccccc2)cs1. The minimum atomic E-state index is -0.305. The van der Waals surface area contributed by atoms with E-state index in [0.29, 0.717) is 10.8 Å². The van der Waals surface area contributed by atoms with Crippen molar-refractivity contribution >= 4 is 34.0 Å². The van der Waals surface area contributed by atoms with Gasteiger partial charge in [0.2, 0.25) is 5.91 Å². The van der Waals surface area contributed by atoms with E-state index in [1.54, 1.807) is 17.5 Å². The molecule has 0 bridgehead atoms. The van der Waals surface area contributed by atoms with Crippen LogP contribution < -0.4 is 10.6 Å². The molecule has 2 amide bonds. The molecule has 2 aromatic carbocycles. The Morgan fingerprint density at radius 3 is 2.29 bits per heavy atom. The molecule has 24 heavy (non-hydrogen) atoms. The quantitative estimate of drug-likeness (QED) is 0.747. The third-order valence-electron chi connectivity index (χ3n) is 3.22. The molecule has 3 rings (SSSR count). The number of thiazole rings is 1. The summed E-state index contributed by atoms with van der Waals surface area (Å²) in [4.78, 5) is 28.3. The van der Waals surface area contributed by atoms with Gasteiger partial charge in [0.05, 0.1) is 6.42 Å². The Morgan fingerprint density at radius 2 is 1.58 bits per heavy atom. The second-order valence-corrected chi connectivity index (χ2v) is 5.93. The summed E-state index contributed by atoms with van der Waals surface area (Å²) in [5.74, 6) is -0.466. The van der Waals surface area contributed by atoms with Crippen LogP contribution in [0.25, 0.3) is 0 Å². The topological polar surface area (TPSA) is 71.1 Å². The van der Waals surface area contributed by atoms with Crippen LogP contribution in [-0.4, -0.2) is 16.8 Å². The Hall–Kier alpha value is -2.99. The number of hydrogen-bond acceptors (Lipinski definition) is 4. The first-order chi connectivity index (χ1) is 11.7. The van der Waals surface area contributed by atoms with E-state index in [2.05, 4.69) is 15.6 Å². The zero-order valence-corrected chi connectivity index (χ0v) is 13.5. The maximum absolute atomic E-state index is 12.1. The van der Waals surface area contributed by atoms with Crippen molar-refractivity contribution < 1.29 is 9.59 Å². The third kappa shape index (κ3) is 4.27. The molecule has 6 heteroatoms. The summed E-state index contributed by atoms with van der Waals surface area (Å²) in [6.07, 6.45) is 0.270. The number of hydrogen-bond donors (Lipinski definition) is 2. The number of nitrogens with zero attached hydrogens (tertiary/aromatic N) is 1. The lowest BCUT2D eigenvalue weighted by Gasteiger charge is -2.03. The maximum atomic E-state index is 12.1. The van der Waals surface area contributed by atoms with Crippen LogP contribution in [0.3, 0.4) is 0 Å². The van der Waals surface area contributed by atoms with Gasteiger partial charge in [-0.3, -0.25) is 9.59 Å². The second kappa shape index (κ2) is 7.52. The molecule has 0 aliphatic rings. The predicted molar refractivity (Wildman–Crippen MR) is 95.3 cm³/mol. The molecule has 0 fully saturated rings. The molecule has 0 saturated carbocycles. The van der Waals surface area contributed by atoms with Crippen molar-refractivity contribution in [2.45, 2.75) is 6.42 Å². The average Bonchev–Trinajstić information content (AvgIpc) is 3.05. The maximum Gasteiger partial charge on any atom is 0.275 e. The molecule has 0 aliphatic heterocycles. The first-order valence-electron chi connectivity index (χ1n) is 7.36. The van der Waals surface area contributed by atoms with Gasteiger partial charge in [-0.05, 0) is 17.7 Å². The van der Waals surface area contributed by atoms with Crippen LogP contribution in [-0.2, 0) is 11.2 Å². The van der Waals surface area contributed by atoms with Crippen molar-refractivity contribution in [3.8, 4) is 0 Å². The Labute approximate surface area is 143 Å². The highest BCUT2D eigenvalue weighted by molar-refractivity contribution is 7.14. The number of benzene rings is 2. The van der Waals surface area contributed by atoms with Gasteiger partial charge in [0.25, 0.3) is 5.91 Å². The lowest BCUT2D eigenvalue weighted by molar-refractivity contribution is -0.115. The zero-order chi connectivity index (χ0) is 16.8. The van der Waals surface area contributed by atoms with Gasteiger partial charge in [-0.2, -0.15) is 0 Å². The van der Waals surface area contributed by atoms with Gasteiger partial charge in [0.15, 0.2) is 5.13 Å². The molecule has 0 unspecified atom stereocenters. The Morgan fingerprint density at radius 1 is 0.917 bits per heavy atom. The number of para-hydroxylation sites is 1. The van der Waals surface area contributed by atoms with Gasteiger partial charge in [-0.25, -0.2) is 4.98 Å². The average molecular weight is 337 g/mol. The van der Waals surface area contributed by atoms with Gasteiger partial charge in [0.1, 0.15) is 5.69 Å². The third-order valence-corrected chi connectivity index (χ3v) is 3.98. The monoisotopic (exact) mass is 337 g/mol. The largest absolute Gasteiger partial charge is 0.321 e. The highest BCUT2D eigenvalue weighted by Gasteiger charge is 2.12. The molecule has 5 nitrogen and oxygen atoms in total. The molecule has 2 N–H and O–H groups in total. The van der Waals surface area contributed by atoms with Crippen molar-refractivity contribution in [3.63, 3.8) is 0 Å². The summed E-state index contributed by atoms with van der Waals surface area (Å²) in [5.41, 5.74) is 1.90. The lowest BCUT2D eigenvalue weighted by Crippen LogP contribution is -2.15. The molecular weight excluding hydrogens is 322 g/mol. The number of amides is 2. The molecule has 1 heterocycles. The van der Waals surface area contributed by atoms with Crippen LogP contribution in [0.15, 0.2) is 66.0 Å².